The molecule has 0 aliphatic heterocycles. The fraction of sp³-hybridized carbons (Fsp3) is 0.632. The number of nitro benzene ring substituents is 1. The highest BCUT2D eigenvalue weighted by Gasteiger charge is 2.54. The summed E-state index contributed by atoms with van der Waals surface area (Å²) in [6, 6.07) is 3.60. The van der Waals surface area contributed by atoms with Crippen LogP contribution in [-0.4, -0.2) is 17.8 Å². The van der Waals surface area contributed by atoms with E-state index in [1.54, 1.807) is 6.07 Å². The number of hydrogen-bond acceptors (Lipinski definition) is 4. The van der Waals surface area contributed by atoms with E-state index in [2.05, 4.69) is 6.92 Å². The van der Waals surface area contributed by atoms with E-state index in [-0.39, 0.29) is 16.0 Å². The molecule has 0 saturated heterocycles. The normalized spacial score (nSPS) is 34.2. The maximum atomic E-state index is 12.4. The Hall–Kier alpha value is -1.91. The smallest absolute Gasteiger partial charge is 0.311 e. The largest absolute Gasteiger partial charge is 0.490 e. The van der Waals surface area contributed by atoms with Crippen molar-refractivity contribution < 1.29 is 14.5 Å². The van der Waals surface area contributed by atoms with E-state index in [1.807, 2.05) is 6.07 Å². The van der Waals surface area contributed by atoms with Crippen molar-refractivity contribution in [1.82, 2.24) is 0 Å². The van der Waals surface area contributed by atoms with Crippen LogP contribution >= 0.6 is 0 Å². The zero-order valence-corrected chi connectivity index (χ0v) is 14.2. The van der Waals surface area contributed by atoms with Crippen molar-refractivity contribution in [2.75, 3.05) is 7.11 Å². The summed E-state index contributed by atoms with van der Waals surface area (Å²) in [6.45, 7) is 2.15. The van der Waals surface area contributed by atoms with Gasteiger partial charge < -0.3 is 4.74 Å². The second kappa shape index (κ2) is 5.30. The Morgan fingerprint density at radius 3 is 2.75 bits per heavy atom. The molecule has 0 N–H and O–H groups in total. The van der Waals surface area contributed by atoms with Crippen molar-refractivity contribution in [2.24, 2.45) is 17.3 Å². The third-order valence-corrected chi connectivity index (χ3v) is 6.93. The van der Waals surface area contributed by atoms with Gasteiger partial charge in [-0.15, -0.1) is 0 Å². The van der Waals surface area contributed by atoms with Crippen LogP contribution in [0.4, 0.5) is 5.69 Å². The second-order valence-electron chi connectivity index (χ2n) is 7.81. The van der Waals surface area contributed by atoms with E-state index in [0.29, 0.717) is 35.7 Å². The molecule has 5 heteroatoms. The molecule has 2 saturated carbocycles. The molecular formula is C19H23NO4. The average Bonchev–Trinajstić information content (AvgIpc) is 2.88. The number of nitrogens with zero attached hydrogens (tertiary/aromatic N) is 1. The molecule has 0 radical (unpaired) electrons. The molecule has 0 spiro atoms. The van der Waals surface area contributed by atoms with Crippen molar-refractivity contribution in [2.45, 2.75) is 51.4 Å². The number of nitro groups is 1. The van der Waals surface area contributed by atoms with Gasteiger partial charge in [-0.2, -0.15) is 0 Å². The van der Waals surface area contributed by atoms with E-state index in [0.717, 1.165) is 37.7 Å². The molecule has 0 heterocycles. The van der Waals surface area contributed by atoms with Gasteiger partial charge in [-0.3, -0.25) is 14.9 Å². The number of Topliss-reactive ketones (excluding diaryl/α,β-unsaturated/α-hetero) is 1. The van der Waals surface area contributed by atoms with Crippen molar-refractivity contribution in [3.63, 3.8) is 0 Å². The first-order valence-electron chi connectivity index (χ1n) is 8.84. The van der Waals surface area contributed by atoms with Gasteiger partial charge in [0, 0.05) is 17.9 Å². The minimum absolute atomic E-state index is 0.0627. The van der Waals surface area contributed by atoms with Gasteiger partial charge >= 0.3 is 5.69 Å². The summed E-state index contributed by atoms with van der Waals surface area (Å²) in [5.41, 5.74) is 2.22. The van der Waals surface area contributed by atoms with Gasteiger partial charge in [0.25, 0.3) is 0 Å². The Morgan fingerprint density at radius 2 is 2.04 bits per heavy atom. The van der Waals surface area contributed by atoms with Gasteiger partial charge in [-0.05, 0) is 67.1 Å². The minimum Gasteiger partial charge on any atom is -0.490 e. The molecule has 128 valence electrons. The first-order valence-corrected chi connectivity index (χ1v) is 8.84. The standard InChI is InChI=1S/C19H23NO4/c1-19-8-7-12-13(15(19)5-6-18(19)21)4-3-11-9-17(24-2)16(20(22)23)10-14(11)12/h9-10,12-13,15H,3-8H2,1-2H3/t12-,13-,15-,19+/m1/s1. The van der Waals surface area contributed by atoms with E-state index >= 15 is 0 Å². The van der Waals surface area contributed by atoms with E-state index in [1.165, 1.54) is 12.7 Å². The van der Waals surface area contributed by atoms with Gasteiger partial charge in [0.15, 0.2) is 5.75 Å². The molecule has 3 aliphatic carbocycles. The molecule has 2 fully saturated rings. The Labute approximate surface area is 141 Å². The van der Waals surface area contributed by atoms with Crippen LogP contribution in [0.3, 0.4) is 0 Å². The molecular weight excluding hydrogens is 306 g/mol. The number of carbonyl (C=O) groups excluding carboxylic acids is 1. The quantitative estimate of drug-likeness (QED) is 0.607. The van der Waals surface area contributed by atoms with Gasteiger partial charge in [0.2, 0.25) is 0 Å². The summed E-state index contributed by atoms with van der Waals surface area (Å²) in [5.74, 6) is 2.06. The zero-order valence-electron chi connectivity index (χ0n) is 14.2. The lowest BCUT2D eigenvalue weighted by Crippen LogP contribution is -2.42. The fourth-order valence-electron chi connectivity index (χ4n) is 5.66. The van der Waals surface area contributed by atoms with E-state index in [4.69, 9.17) is 4.74 Å². The lowest BCUT2D eigenvalue weighted by molar-refractivity contribution is -0.385. The average molecular weight is 329 g/mol. The maximum absolute atomic E-state index is 12.4. The summed E-state index contributed by atoms with van der Waals surface area (Å²) in [5, 5.41) is 11.4. The van der Waals surface area contributed by atoms with Crippen LogP contribution < -0.4 is 4.74 Å². The first kappa shape index (κ1) is 15.6. The van der Waals surface area contributed by atoms with Crippen molar-refractivity contribution in [3.05, 3.63) is 33.4 Å². The lowest BCUT2D eigenvalue weighted by atomic mass is 9.55. The van der Waals surface area contributed by atoms with Crippen LogP contribution in [0, 0.1) is 27.4 Å². The van der Waals surface area contributed by atoms with E-state index < -0.39 is 0 Å². The molecule has 3 aliphatic rings. The summed E-state index contributed by atoms with van der Waals surface area (Å²) < 4.78 is 5.22. The number of fused-ring (bicyclic) bond motifs is 5. The topological polar surface area (TPSA) is 69.4 Å². The van der Waals surface area contributed by atoms with Crippen LogP contribution in [0.5, 0.6) is 5.75 Å². The molecule has 4 atom stereocenters. The van der Waals surface area contributed by atoms with Crippen molar-refractivity contribution in [1.29, 1.82) is 0 Å². The highest BCUT2D eigenvalue weighted by molar-refractivity contribution is 5.87. The third kappa shape index (κ3) is 2.03. The first-order chi connectivity index (χ1) is 11.5. The van der Waals surface area contributed by atoms with Crippen molar-refractivity contribution >= 4 is 11.5 Å². The molecule has 1 aromatic carbocycles. The Balaban J connectivity index is 1.76. The summed E-state index contributed by atoms with van der Waals surface area (Å²) in [4.78, 5) is 23.4. The molecule has 0 unspecified atom stereocenters. The zero-order chi connectivity index (χ0) is 17.1. The highest BCUT2D eigenvalue weighted by Crippen LogP contribution is 2.60. The summed E-state index contributed by atoms with van der Waals surface area (Å²) in [7, 11) is 1.48. The van der Waals surface area contributed by atoms with Crippen LogP contribution in [0.1, 0.15) is 56.1 Å². The molecule has 0 amide bonds. The molecule has 1 aromatic rings. The number of methoxy groups -OCH3 is 1. The van der Waals surface area contributed by atoms with Gasteiger partial charge in [-0.25, -0.2) is 0 Å². The lowest BCUT2D eigenvalue weighted by Gasteiger charge is -2.48. The molecule has 0 bridgehead atoms. The Morgan fingerprint density at radius 1 is 1.25 bits per heavy atom. The van der Waals surface area contributed by atoms with Crippen LogP contribution in [0.15, 0.2) is 12.1 Å². The maximum Gasteiger partial charge on any atom is 0.311 e. The second-order valence-corrected chi connectivity index (χ2v) is 7.81. The predicted molar refractivity (Wildman–Crippen MR) is 89.3 cm³/mol. The molecule has 4 rings (SSSR count). The highest BCUT2D eigenvalue weighted by atomic mass is 16.6. The number of rotatable bonds is 2. The third-order valence-electron chi connectivity index (χ3n) is 6.93. The number of benzene rings is 1. The summed E-state index contributed by atoms with van der Waals surface area (Å²) in [6.07, 6.45) is 5.57. The minimum atomic E-state index is -0.352. The number of carbonyl (C=O) groups is 1. The molecule has 24 heavy (non-hydrogen) atoms. The van der Waals surface area contributed by atoms with Gasteiger partial charge in [0.1, 0.15) is 5.78 Å². The van der Waals surface area contributed by atoms with Gasteiger partial charge in [-0.1, -0.05) is 6.92 Å². The number of ether oxygens (including phenoxy) is 1. The predicted octanol–water partition coefficient (Wildman–Crippen LogP) is 4.03. The molecule has 5 nitrogen and oxygen atoms in total. The summed E-state index contributed by atoms with van der Waals surface area (Å²) >= 11 is 0. The number of ketones is 1. The SMILES string of the molecule is COc1cc2c(cc1[N+](=O)[O-])[C@@H]1CC[C@]3(C)C(=O)CC[C@@H]3[C@@H]1CC2. The Kier molecular flexibility index (Phi) is 3.44. The number of aryl methyl sites for hydroxylation is 1. The fourth-order valence-corrected chi connectivity index (χ4v) is 5.66. The Bertz CT molecular complexity index is 728. The monoisotopic (exact) mass is 329 g/mol. The molecule has 0 aromatic heterocycles. The van der Waals surface area contributed by atoms with Crippen molar-refractivity contribution in [3.8, 4) is 5.75 Å². The van der Waals surface area contributed by atoms with E-state index in [9.17, 15) is 14.9 Å². The van der Waals surface area contributed by atoms with Crippen LogP contribution in [-0.2, 0) is 11.2 Å². The number of hydrogen-bond donors (Lipinski definition) is 0. The van der Waals surface area contributed by atoms with Gasteiger partial charge in [0.05, 0.1) is 12.0 Å². The van der Waals surface area contributed by atoms with Crippen LogP contribution in [0.25, 0.3) is 0 Å². The van der Waals surface area contributed by atoms with Crippen LogP contribution in [0.2, 0.25) is 0 Å².